The van der Waals surface area contributed by atoms with Crippen molar-refractivity contribution in [3.05, 3.63) is 53.1 Å². The Morgan fingerprint density at radius 2 is 2.35 bits per heavy atom. The number of hydrogen-bond acceptors (Lipinski definition) is 3. The molecule has 0 fully saturated rings. The van der Waals surface area contributed by atoms with E-state index in [9.17, 15) is 4.79 Å². The molecule has 1 heterocycles. The van der Waals surface area contributed by atoms with Crippen LogP contribution in [0.2, 0.25) is 0 Å². The highest BCUT2D eigenvalue weighted by Crippen LogP contribution is 2.10. The normalized spacial score (nSPS) is 9.70. The van der Waals surface area contributed by atoms with E-state index in [2.05, 4.69) is 27.1 Å². The van der Waals surface area contributed by atoms with Crippen molar-refractivity contribution in [2.45, 2.75) is 13.5 Å². The maximum absolute atomic E-state index is 12.0. The zero-order valence-corrected chi connectivity index (χ0v) is 11.1. The van der Waals surface area contributed by atoms with E-state index in [0.29, 0.717) is 12.1 Å². The van der Waals surface area contributed by atoms with Crippen LogP contribution >= 0.6 is 0 Å². The molecule has 0 aliphatic carbocycles. The molecule has 0 unspecified atom stereocenters. The summed E-state index contributed by atoms with van der Waals surface area (Å²) in [4.78, 5) is 18.8. The number of aromatic amines is 1. The minimum atomic E-state index is -0.175. The van der Waals surface area contributed by atoms with Crippen molar-refractivity contribution in [2.24, 2.45) is 0 Å². The molecule has 1 aromatic carbocycles. The molecule has 5 heteroatoms. The predicted octanol–water partition coefficient (Wildman–Crippen LogP) is 0.992. The maximum Gasteiger partial charge on any atom is 0.251 e. The van der Waals surface area contributed by atoms with Crippen molar-refractivity contribution < 1.29 is 9.90 Å². The van der Waals surface area contributed by atoms with Gasteiger partial charge in [0.05, 0.1) is 18.6 Å². The smallest absolute Gasteiger partial charge is 0.251 e. The van der Waals surface area contributed by atoms with Crippen molar-refractivity contribution in [3.8, 4) is 11.8 Å². The highest BCUT2D eigenvalue weighted by atomic mass is 16.2. The summed E-state index contributed by atoms with van der Waals surface area (Å²) in [5, 5.41) is 11.5. The number of aliphatic hydroxyl groups is 1. The van der Waals surface area contributed by atoms with Crippen LogP contribution in [-0.4, -0.2) is 27.6 Å². The van der Waals surface area contributed by atoms with E-state index >= 15 is 0 Å². The van der Waals surface area contributed by atoms with Crippen molar-refractivity contribution in [3.63, 3.8) is 0 Å². The second-order valence-electron chi connectivity index (χ2n) is 4.25. The zero-order valence-electron chi connectivity index (χ0n) is 11.1. The van der Waals surface area contributed by atoms with Gasteiger partial charge in [-0.05, 0) is 30.7 Å². The molecule has 0 atom stereocenters. The first-order valence-electron chi connectivity index (χ1n) is 6.16. The standard InChI is InChI=1S/C15H15N3O2/c1-11-7-13(5-4-12(11)3-2-6-19)15(20)17-9-14-8-16-10-18-14/h4-5,7-8,10,19H,6,9H2,1H3,(H,16,18)(H,17,20). The Bertz CT molecular complexity index is 651. The lowest BCUT2D eigenvalue weighted by Gasteiger charge is -2.06. The molecule has 1 aromatic heterocycles. The molecule has 2 rings (SSSR count). The number of imidazole rings is 1. The van der Waals surface area contributed by atoms with Crippen molar-refractivity contribution >= 4 is 5.91 Å². The Balaban J connectivity index is 2.05. The van der Waals surface area contributed by atoms with Crippen molar-refractivity contribution in [1.29, 1.82) is 0 Å². The number of aliphatic hydroxyl groups excluding tert-OH is 1. The summed E-state index contributed by atoms with van der Waals surface area (Å²) in [6, 6.07) is 5.28. The number of aromatic nitrogens is 2. The summed E-state index contributed by atoms with van der Waals surface area (Å²) < 4.78 is 0. The van der Waals surface area contributed by atoms with Crippen LogP contribution in [0.5, 0.6) is 0 Å². The van der Waals surface area contributed by atoms with Gasteiger partial charge in [-0.15, -0.1) is 0 Å². The Labute approximate surface area is 117 Å². The average Bonchev–Trinajstić information content (AvgIpc) is 2.96. The van der Waals surface area contributed by atoms with Crippen LogP contribution < -0.4 is 5.32 Å². The van der Waals surface area contributed by atoms with E-state index in [1.54, 1.807) is 30.7 Å². The number of carbonyl (C=O) groups excluding carboxylic acids is 1. The number of H-pyrrole nitrogens is 1. The van der Waals surface area contributed by atoms with Gasteiger partial charge in [0.1, 0.15) is 6.61 Å². The van der Waals surface area contributed by atoms with Crippen LogP contribution in [0.25, 0.3) is 0 Å². The summed E-state index contributed by atoms with van der Waals surface area (Å²) in [6.07, 6.45) is 3.24. The first-order chi connectivity index (χ1) is 9.70. The number of nitrogens with zero attached hydrogens (tertiary/aromatic N) is 1. The third kappa shape index (κ3) is 3.46. The molecule has 0 radical (unpaired) electrons. The number of amides is 1. The lowest BCUT2D eigenvalue weighted by molar-refractivity contribution is 0.0950. The van der Waals surface area contributed by atoms with E-state index in [1.807, 2.05) is 6.92 Å². The fourth-order valence-electron chi connectivity index (χ4n) is 1.74. The number of nitrogens with one attached hydrogen (secondary N) is 2. The average molecular weight is 269 g/mol. The fraction of sp³-hybridized carbons (Fsp3) is 0.200. The Morgan fingerprint density at radius 3 is 3.00 bits per heavy atom. The van der Waals surface area contributed by atoms with Gasteiger partial charge in [-0.1, -0.05) is 11.8 Å². The molecule has 3 N–H and O–H groups in total. The molecule has 0 saturated carbocycles. The summed E-state index contributed by atoms with van der Waals surface area (Å²) in [5.41, 5.74) is 3.14. The van der Waals surface area contributed by atoms with Crippen molar-refractivity contribution in [1.82, 2.24) is 15.3 Å². The van der Waals surface area contributed by atoms with Crippen LogP contribution in [-0.2, 0) is 6.54 Å². The number of aryl methyl sites for hydroxylation is 1. The lowest BCUT2D eigenvalue weighted by atomic mass is 10.0. The second kappa shape index (κ2) is 6.55. The summed E-state index contributed by atoms with van der Waals surface area (Å²) >= 11 is 0. The molecule has 0 bridgehead atoms. The number of carbonyl (C=O) groups is 1. The fourth-order valence-corrected chi connectivity index (χ4v) is 1.74. The third-order valence-corrected chi connectivity index (χ3v) is 2.78. The summed E-state index contributed by atoms with van der Waals surface area (Å²) in [7, 11) is 0. The quantitative estimate of drug-likeness (QED) is 0.727. The highest BCUT2D eigenvalue weighted by Gasteiger charge is 2.07. The Kier molecular flexibility index (Phi) is 4.53. The van der Waals surface area contributed by atoms with Crippen LogP contribution in [0.4, 0.5) is 0 Å². The maximum atomic E-state index is 12.0. The van der Waals surface area contributed by atoms with Crippen LogP contribution in [0.3, 0.4) is 0 Å². The first kappa shape index (κ1) is 13.8. The van der Waals surface area contributed by atoms with Gasteiger partial charge in [0.25, 0.3) is 5.91 Å². The Hall–Kier alpha value is -2.58. The molecule has 20 heavy (non-hydrogen) atoms. The van der Waals surface area contributed by atoms with Gasteiger partial charge < -0.3 is 15.4 Å². The van der Waals surface area contributed by atoms with Gasteiger partial charge in [0.2, 0.25) is 0 Å². The van der Waals surface area contributed by atoms with E-state index in [4.69, 9.17) is 5.11 Å². The predicted molar refractivity (Wildman–Crippen MR) is 74.9 cm³/mol. The first-order valence-corrected chi connectivity index (χ1v) is 6.16. The SMILES string of the molecule is Cc1cc(C(=O)NCc2cnc[nH]2)ccc1C#CCO. The molecule has 0 spiro atoms. The molecule has 0 aliphatic heterocycles. The number of hydrogen-bond donors (Lipinski definition) is 3. The lowest BCUT2D eigenvalue weighted by Crippen LogP contribution is -2.23. The van der Waals surface area contributed by atoms with E-state index < -0.39 is 0 Å². The van der Waals surface area contributed by atoms with Gasteiger partial charge >= 0.3 is 0 Å². The molecule has 2 aromatic rings. The zero-order chi connectivity index (χ0) is 14.4. The van der Waals surface area contributed by atoms with Crippen LogP contribution in [0.1, 0.15) is 27.2 Å². The third-order valence-electron chi connectivity index (χ3n) is 2.78. The molecular weight excluding hydrogens is 254 g/mol. The monoisotopic (exact) mass is 269 g/mol. The molecule has 0 aliphatic rings. The van der Waals surface area contributed by atoms with Gasteiger partial charge in [0, 0.05) is 17.3 Å². The second-order valence-corrected chi connectivity index (χ2v) is 4.25. The minimum absolute atomic E-state index is 0.149. The summed E-state index contributed by atoms with van der Waals surface area (Å²) in [5.74, 6) is 5.28. The molecule has 1 amide bonds. The number of rotatable bonds is 3. The Morgan fingerprint density at radius 1 is 1.50 bits per heavy atom. The van der Waals surface area contributed by atoms with Crippen molar-refractivity contribution in [2.75, 3.05) is 6.61 Å². The van der Waals surface area contributed by atoms with Gasteiger partial charge in [-0.3, -0.25) is 4.79 Å². The van der Waals surface area contributed by atoms with E-state index in [-0.39, 0.29) is 12.5 Å². The molecular formula is C15H15N3O2. The molecule has 102 valence electrons. The van der Waals surface area contributed by atoms with E-state index in [0.717, 1.165) is 16.8 Å². The topological polar surface area (TPSA) is 78.0 Å². The van der Waals surface area contributed by atoms with Crippen LogP contribution in [0.15, 0.2) is 30.7 Å². The number of benzene rings is 1. The van der Waals surface area contributed by atoms with E-state index in [1.165, 1.54) is 0 Å². The van der Waals surface area contributed by atoms with Crippen LogP contribution in [0, 0.1) is 18.8 Å². The minimum Gasteiger partial charge on any atom is -0.384 e. The van der Waals surface area contributed by atoms with Gasteiger partial charge in [0.15, 0.2) is 0 Å². The molecule has 5 nitrogen and oxygen atoms in total. The van der Waals surface area contributed by atoms with Gasteiger partial charge in [-0.25, -0.2) is 4.98 Å². The largest absolute Gasteiger partial charge is 0.384 e. The highest BCUT2D eigenvalue weighted by molar-refractivity contribution is 5.94. The van der Waals surface area contributed by atoms with Gasteiger partial charge in [-0.2, -0.15) is 0 Å². The summed E-state index contributed by atoms with van der Waals surface area (Å²) in [6.45, 7) is 2.11. The molecule has 0 saturated heterocycles.